The Kier molecular flexibility index (Phi) is 2.52. The zero-order chi connectivity index (χ0) is 11.7. The van der Waals surface area contributed by atoms with Crippen molar-refractivity contribution in [2.75, 3.05) is 7.11 Å². The lowest BCUT2D eigenvalue weighted by Crippen LogP contribution is -2.23. The number of nitrogens with zero attached hydrogens (tertiary/aromatic N) is 1. The van der Waals surface area contributed by atoms with E-state index in [-0.39, 0.29) is 5.70 Å². The lowest BCUT2D eigenvalue weighted by molar-refractivity contribution is -0.433. The maximum Gasteiger partial charge on any atom is 0.286 e. The van der Waals surface area contributed by atoms with E-state index in [2.05, 4.69) is 0 Å². The van der Waals surface area contributed by atoms with Crippen molar-refractivity contribution in [3.8, 4) is 11.5 Å². The molecule has 0 saturated carbocycles. The highest BCUT2D eigenvalue weighted by molar-refractivity contribution is 5.67. The van der Waals surface area contributed by atoms with Crippen molar-refractivity contribution in [2.24, 2.45) is 0 Å². The number of hydrogen-bond donors (Lipinski definition) is 0. The maximum atomic E-state index is 10.8. The average Bonchev–Trinajstić information content (AvgIpc) is 2.26. The Bertz CT molecular complexity index is 467. The van der Waals surface area contributed by atoms with Gasteiger partial charge in [0.1, 0.15) is 11.5 Å². The molecule has 1 heterocycles. The van der Waals surface area contributed by atoms with Gasteiger partial charge in [0.2, 0.25) is 0 Å². The first-order valence-electron chi connectivity index (χ1n) is 4.83. The van der Waals surface area contributed by atoms with Crippen LogP contribution in [0.25, 0.3) is 6.08 Å². The van der Waals surface area contributed by atoms with E-state index in [0.29, 0.717) is 17.1 Å². The number of nitro groups is 1. The van der Waals surface area contributed by atoms with E-state index in [4.69, 9.17) is 9.47 Å². The molecule has 2 rings (SSSR count). The summed E-state index contributed by atoms with van der Waals surface area (Å²) in [7, 11) is 1.52. The molecule has 0 amide bonds. The van der Waals surface area contributed by atoms with E-state index < -0.39 is 11.0 Å². The van der Waals surface area contributed by atoms with Crippen molar-refractivity contribution >= 4 is 6.08 Å². The fourth-order valence-electron chi connectivity index (χ4n) is 1.66. The van der Waals surface area contributed by atoms with Crippen LogP contribution < -0.4 is 9.47 Å². The van der Waals surface area contributed by atoms with Gasteiger partial charge in [-0.15, -0.1) is 0 Å². The summed E-state index contributed by atoms with van der Waals surface area (Å²) in [6.07, 6.45) is 0.956. The molecule has 1 aliphatic heterocycles. The average molecular weight is 221 g/mol. The summed E-state index contributed by atoms with van der Waals surface area (Å²) in [5, 5.41) is 10.8. The second-order valence-corrected chi connectivity index (χ2v) is 3.46. The van der Waals surface area contributed by atoms with Crippen LogP contribution in [0.5, 0.6) is 11.5 Å². The molecule has 0 radical (unpaired) electrons. The van der Waals surface area contributed by atoms with Crippen LogP contribution in [0.2, 0.25) is 0 Å². The molecule has 0 spiro atoms. The summed E-state index contributed by atoms with van der Waals surface area (Å²) < 4.78 is 10.6. The fourth-order valence-corrected chi connectivity index (χ4v) is 1.66. The molecular weight excluding hydrogens is 210 g/mol. The van der Waals surface area contributed by atoms with Gasteiger partial charge in [0.15, 0.2) is 6.10 Å². The number of fused-ring (bicyclic) bond motifs is 1. The summed E-state index contributed by atoms with van der Waals surface area (Å²) in [5.41, 5.74) is 0.659. The van der Waals surface area contributed by atoms with Crippen LogP contribution in [0.4, 0.5) is 0 Å². The van der Waals surface area contributed by atoms with Crippen molar-refractivity contribution in [3.63, 3.8) is 0 Å². The smallest absolute Gasteiger partial charge is 0.286 e. The SMILES string of the molecule is COc1cccc2c1C=C([N+](=O)[O-])C(C)O2. The molecule has 84 valence electrons. The minimum absolute atomic E-state index is 0.0389. The van der Waals surface area contributed by atoms with E-state index in [9.17, 15) is 10.1 Å². The molecule has 1 aromatic rings. The first-order valence-corrected chi connectivity index (χ1v) is 4.83. The molecule has 16 heavy (non-hydrogen) atoms. The van der Waals surface area contributed by atoms with Gasteiger partial charge in [-0.25, -0.2) is 0 Å². The highest BCUT2D eigenvalue weighted by Crippen LogP contribution is 2.35. The van der Waals surface area contributed by atoms with E-state index in [0.717, 1.165) is 0 Å². The van der Waals surface area contributed by atoms with Crippen molar-refractivity contribution < 1.29 is 14.4 Å². The second kappa shape index (κ2) is 3.84. The molecule has 1 aliphatic rings. The van der Waals surface area contributed by atoms with Gasteiger partial charge < -0.3 is 9.47 Å². The number of methoxy groups -OCH3 is 1. The van der Waals surface area contributed by atoms with E-state index in [1.807, 2.05) is 0 Å². The van der Waals surface area contributed by atoms with Gasteiger partial charge in [-0.2, -0.15) is 0 Å². The normalized spacial score (nSPS) is 18.1. The molecule has 1 unspecified atom stereocenters. The molecule has 0 fully saturated rings. The summed E-state index contributed by atoms with van der Waals surface area (Å²) in [5.74, 6) is 1.18. The molecular formula is C11H11NO4. The number of ether oxygens (including phenoxy) is 2. The summed E-state index contributed by atoms with van der Waals surface area (Å²) in [6, 6.07) is 5.29. The number of hydrogen-bond acceptors (Lipinski definition) is 4. The number of benzene rings is 1. The Labute approximate surface area is 92.4 Å². The summed E-state index contributed by atoms with van der Waals surface area (Å²) in [4.78, 5) is 10.4. The van der Waals surface area contributed by atoms with E-state index in [1.165, 1.54) is 13.2 Å². The van der Waals surface area contributed by atoms with Crippen LogP contribution in [0.3, 0.4) is 0 Å². The molecule has 5 heteroatoms. The van der Waals surface area contributed by atoms with Crippen LogP contribution in [0, 0.1) is 10.1 Å². The van der Waals surface area contributed by atoms with Crippen LogP contribution in [0.15, 0.2) is 23.9 Å². The van der Waals surface area contributed by atoms with Crippen molar-refractivity contribution in [2.45, 2.75) is 13.0 Å². The van der Waals surface area contributed by atoms with Crippen molar-refractivity contribution in [1.29, 1.82) is 0 Å². The molecule has 0 bridgehead atoms. The third-order valence-corrected chi connectivity index (χ3v) is 2.47. The zero-order valence-electron chi connectivity index (χ0n) is 8.97. The predicted molar refractivity (Wildman–Crippen MR) is 58.1 cm³/mol. The fraction of sp³-hybridized carbons (Fsp3) is 0.273. The van der Waals surface area contributed by atoms with Crippen molar-refractivity contribution in [1.82, 2.24) is 0 Å². The first kappa shape index (κ1) is 10.5. The van der Waals surface area contributed by atoms with Gasteiger partial charge in [-0.3, -0.25) is 10.1 Å². The van der Waals surface area contributed by atoms with Crippen LogP contribution in [0.1, 0.15) is 12.5 Å². The Balaban J connectivity index is 2.56. The Morgan fingerprint density at radius 3 is 2.88 bits per heavy atom. The first-order chi connectivity index (χ1) is 7.63. The molecule has 0 aromatic heterocycles. The van der Waals surface area contributed by atoms with Crippen LogP contribution in [-0.2, 0) is 0 Å². The van der Waals surface area contributed by atoms with Gasteiger partial charge >= 0.3 is 0 Å². The highest BCUT2D eigenvalue weighted by Gasteiger charge is 2.29. The third kappa shape index (κ3) is 1.60. The van der Waals surface area contributed by atoms with Crippen LogP contribution >= 0.6 is 0 Å². The summed E-state index contributed by atoms with van der Waals surface area (Å²) in [6.45, 7) is 1.65. The number of rotatable bonds is 2. The maximum absolute atomic E-state index is 10.8. The Hall–Kier alpha value is -2.04. The molecule has 0 N–H and O–H groups in total. The molecule has 0 saturated heterocycles. The monoisotopic (exact) mass is 221 g/mol. The Morgan fingerprint density at radius 2 is 2.25 bits per heavy atom. The zero-order valence-corrected chi connectivity index (χ0v) is 8.97. The molecule has 1 aromatic carbocycles. The molecule has 0 aliphatic carbocycles. The van der Waals surface area contributed by atoms with E-state index in [1.54, 1.807) is 25.1 Å². The molecule has 5 nitrogen and oxygen atoms in total. The highest BCUT2D eigenvalue weighted by atomic mass is 16.6. The predicted octanol–water partition coefficient (Wildman–Crippen LogP) is 2.09. The van der Waals surface area contributed by atoms with Gasteiger partial charge in [0, 0.05) is 6.08 Å². The van der Waals surface area contributed by atoms with Crippen molar-refractivity contribution in [3.05, 3.63) is 39.6 Å². The largest absolute Gasteiger partial charge is 0.496 e. The lowest BCUT2D eigenvalue weighted by atomic mass is 10.1. The van der Waals surface area contributed by atoms with E-state index >= 15 is 0 Å². The second-order valence-electron chi connectivity index (χ2n) is 3.46. The van der Waals surface area contributed by atoms with Crippen LogP contribution in [-0.4, -0.2) is 18.1 Å². The topological polar surface area (TPSA) is 61.6 Å². The van der Waals surface area contributed by atoms with Gasteiger partial charge in [-0.1, -0.05) is 6.07 Å². The Morgan fingerprint density at radius 1 is 1.50 bits per heavy atom. The van der Waals surface area contributed by atoms with Gasteiger partial charge in [0.05, 0.1) is 17.6 Å². The minimum Gasteiger partial charge on any atom is -0.496 e. The quantitative estimate of drug-likeness (QED) is 0.566. The lowest BCUT2D eigenvalue weighted by Gasteiger charge is -2.20. The third-order valence-electron chi connectivity index (χ3n) is 2.47. The molecule has 1 atom stereocenters. The standard InChI is InChI=1S/C11H11NO4/c1-7-9(12(13)14)6-8-10(15-2)4-3-5-11(8)16-7/h3-7H,1-2H3. The summed E-state index contributed by atoms with van der Waals surface area (Å²) >= 11 is 0. The van der Waals surface area contributed by atoms with Gasteiger partial charge in [-0.05, 0) is 19.1 Å². The minimum atomic E-state index is -0.547. The van der Waals surface area contributed by atoms with Gasteiger partial charge in [0.25, 0.3) is 5.70 Å².